The fraction of sp³-hybridized carbons (Fsp3) is 0.643. The lowest BCUT2D eigenvalue weighted by Crippen LogP contribution is -2.13. The molecule has 0 saturated heterocycles. The highest BCUT2D eigenvalue weighted by atomic mass is 15.0. The first-order valence-corrected chi connectivity index (χ1v) is 6.14. The molecule has 0 fully saturated rings. The Balaban J connectivity index is 2.58. The predicted molar refractivity (Wildman–Crippen MR) is 70.9 cm³/mol. The molecule has 0 saturated carbocycles. The SMILES string of the molecule is CCC(C)CNc1ccc(C(C)(C)C)cn1. The molecule has 1 aromatic rings. The molecule has 1 atom stereocenters. The maximum Gasteiger partial charge on any atom is 0.125 e. The average Bonchev–Trinajstić information content (AvgIpc) is 2.25. The van der Waals surface area contributed by atoms with Crippen LogP contribution in [0.5, 0.6) is 0 Å². The van der Waals surface area contributed by atoms with Gasteiger partial charge in [0.1, 0.15) is 5.82 Å². The summed E-state index contributed by atoms with van der Waals surface area (Å²) in [6, 6.07) is 4.23. The predicted octanol–water partition coefficient (Wildman–Crippen LogP) is 3.84. The lowest BCUT2D eigenvalue weighted by molar-refractivity contribution is 0.585. The minimum atomic E-state index is 0.183. The highest BCUT2D eigenvalue weighted by Gasteiger charge is 2.13. The molecule has 0 amide bonds. The van der Waals surface area contributed by atoms with Gasteiger partial charge >= 0.3 is 0 Å². The van der Waals surface area contributed by atoms with Crippen LogP contribution in [0.1, 0.15) is 46.6 Å². The smallest absolute Gasteiger partial charge is 0.125 e. The molecular formula is C14H24N2. The zero-order valence-corrected chi connectivity index (χ0v) is 11.2. The summed E-state index contributed by atoms with van der Waals surface area (Å²) in [5, 5.41) is 3.36. The van der Waals surface area contributed by atoms with Gasteiger partial charge in [-0.3, -0.25) is 0 Å². The summed E-state index contributed by atoms with van der Waals surface area (Å²) in [5.74, 6) is 1.68. The van der Waals surface area contributed by atoms with Crippen molar-refractivity contribution >= 4 is 5.82 Å². The second-order valence-corrected chi connectivity index (χ2v) is 5.58. The summed E-state index contributed by atoms with van der Waals surface area (Å²) < 4.78 is 0. The Morgan fingerprint density at radius 3 is 2.44 bits per heavy atom. The van der Waals surface area contributed by atoms with Gasteiger partial charge in [-0.1, -0.05) is 47.1 Å². The largest absolute Gasteiger partial charge is 0.370 e. The molecule has 0 aromatic carbocycles. The summed E-state index contributed by atoms with van der Waals surface area (Å²) >= 11 is 0. The third-order valence-electron chi connectivity index (χ3n) is 2.96. The topological polar surface area (TPSA) is 24.9 Å². The van der Waals surface area contributed by atoms with E-state index in [-0.39, 0.29) is 5.41 Å². The fourth-order valence-electron chi connectivity index (χ4n) is 1.37. The Morgan fingerprint density at radius 1 is 1.31 bits per heavy atom. The molecule has 0 radical (unpaired) electrons. The molecular weight excluding hydrogens is 196 g/mol. The van der Waals surface area contributed by atoms with Crippen LogP contribution in [0.15, 0.2) is 18.3 Å². The monoisotopic (exact) mass is 220 g/mol. The van der Waals surface area contributed by atoms with E-state index < -0.39 is 0 Å². The molecule has 1 N–H and O–H groups in total. The molecule has 0 spiro atoms. The zero-order valence-electron chi connectivity index (χ0n) is 11.2. The molecule has 0 aliphatic heterocycles. The fourth-order valence-corrected chi connectivity index (χ4v) is 1.37. The number of hydrogen-bond donors (Lipinski definition) is 1. The average molecular weight is 220 g/mol. The van der Waals surface area contributed by atoms with Crippen LogP contribution in [0.2, 0.25) is 0 Å². The van der Waals surface area contributed by atoms with Crippen molar-refractivity contribution in [2.45, 2.75) is 46.5 Å². The van der Waals surface area contributed by atoms with E-state index in [9.17, 15) is 0 Å². The third-order valence-corrected chi connectivity index (χ3v) is 2.96. The summed E-state index contributed by atoms with van der Waals surface area (Å²) in [6.07, 6.45) is 3.17. The lowest BCUT2D eigenvalue weighted by Gasteiger charge is -2.19. The Hall–Kier alpha value is -1.05. The van der Waals surface area contributed by atoms with Crippen LogP contribution in [0, 0.1) is 5.92 Å². The summed E-state index contributed by atoms with van der Waals surface area (Å²) in [6.45, 7) is 12.1. The Bertz CT molecular complexity index is 309. The van der Waals surface area contributed by atoms with Gasteiger partial charge in [0.15, 0.2) is 0 Å². The number of aromatic nitrogens is 1. The highest BCUT2D eigenvalue weighted by molar-refractivity contribution is 5.37. The number of rotatable bonds is 4. The van der Waals surface area contributed by atoms with Crippen LogP contribution >= 0.6 is 0 Å². The molecule has 0 aliphatic carbocycles. The van der Waals surface area contributed by atoms with Crippen LogP contribution in [-0.2, 0) is 5.41 Å². The van der Waals surface area contributed by atoms with Gasteiger partial charge in [-0.15, -0.1) is 0 Å². The van der Waals surface area contributed by atoms with Gasteiger partial charge in [-0.2, -0.15) is 0 Å². The van der Waals surface area contributed by atoms with Gasteiger partial charge in [-0.25, -0.2) is 4.98 Å². The normalized spacial score (nSPS) is 13.6. The van der Waals surface area contributed by atoms with Crippen molar-refractivity contribution in [2.24, 2.45) is 5.92 Å². The highest BCUT2D eigenvalue weighted by Crippen LogP contribution is 2.21. The van der Waals surface area contributed by atoms with E-state index >= 15 is 0 Å². The number of anilines is 1. The Morgan fingerprint density at radius 2 is 2.00 bits per heavy atom. The van der Waals surface area contributed by atoms with Gasteiger partial charge in [0.25, 0.3) is 0 Å². The third kappa shape index (κ3) is 3.84. The first kappa shape index (κ1) is 13.0. The van der Waals surface area contributed by atoms with Gasteiger partial charge in [0.2, 0.25) is 0 Å². The molecule has 1 aromatic heterocycles. The first-order valence-electron chi connectivity index (χ1n) is 6.14. The van der Waals surface area contributed by atoms with Crippen molar-refractivity contribution in [3.63, 3.8) is 0 Å². The second-order valence-electron chi connectivity index (χ2n) is 5.58. The van der Waals surface area contributed by atoms with Gasteiger partial charge in [-0.05, 0) is 23.0 Å². The first-order chi connectivity index (χ1) is 7.43. The Kier molecular flexibility index (Phi) is 4.34. The number of nitrogens with zero attached hydrogens (tertiary/aromatic N) is 1. The van der Waals surface area contributed by atoms with E-state index in [1.165, 1.54) is 12.0 Å². The van der Waals surface area contributed by atoms with E-state index in [1.54, 1.807) is 0 Å². The molecule has 2 heteroatoms. The molecule has 1 unspecified atom stereocenters. The molecule has 16 heavy (non-hydrogen) atoms. The minimum absolute atomic E-state index is 0.183. The maximum absolute atomic E-state index is 4.44. The minimum Gasteiger partial charge on any atom is -0.370 e. The van der Waals surface area contributed by atoms with Gasteiger partial charge in [0, 0.05) is 12.7 Å². The summed E-state index contributed by atoms with van der Waals surface area (Å²) in [4.78, 5) is 4.44. The quantitative estimate of drug-likeness (QED) is 0.834. The van der Waals surface area contributed by atoms with Crippen LogP contribution in [-0.4, -0.2) is 11.5 Å². The van der Waals surface area contributed by atoms with Gasteiger partial charge in [0.05, 0.1) is 0 Å². The molecule has 1 rings (SSSR count). The number of pyridine rings is 1. The van der Waals surface area contributed by atoms with Crippen molar-refractivity contribution in [3.05, 3.63) is 23.9 Å². The van der Waals surface area contributed by atoms with Crippen LogP contribution in [0.25, 0.3) is 0 Å². The van der Waals surface area contributed by atoms with Crippen molar-refractivity contribution in [1.82, 2.24) is 4.98 Å². The summed E-state index contributed by atoms with van der Waals surface area (Å²) in [7, 11) is 0. The van der Waals surface area contributed by atoms with Crippen molar-refractivity contribution in [2.75, 3.05) is 11.9 Å². The maximum atomic E-state index is 4.44. The van der Waals surface area contributed by atoms with E-state index in [0.717, 1.165) is 12.4 Å². The number of nitrogens with one attached hydrogen (secondary N) is 1. The van der Waals surface area contributed by atoms with Crippen LogP contribution in [0.4, 0.5) is 5.82 Å². The zero-order chi connectivity index (χ0) is 12.2. The van der Waals surface area contributed by atoms with Crippen molar-refractivity contribution in [1.29, 1.82) is 0 Å². The van der Waals surface area contributed by atoms with E-state index in [2.05, 4.69) is 57.1 Å². The standard InChI is InChI=1S/C14H24N2/c1-6-11(2)9-15-13-8-7-12(10-16-13)14(3,4)5/h7-8,10-11H,6,9H2,1-5H3,(H,15,16). The molecule has 90 valence electrons. The summed E-state index contributed by atoms with van der Waals surface area (Å²) in [5.41, 5.74) is 1.46. The van der Waals surface area contributed by atoms with E-state index in [0.29, 0.717) is 5.92 Å². The molecule has 2 nitrogen and oxygen atoms in total. The van der Waals surface area contributed by atoms with Crippen LogP contribution in [0.3, 0.4) is 0 Å². The van der Waals surface area contributed by atoms with E-state index in [1.807, 2.05) is 6.20 Å². The van der Waals surface area contributed by atoms with Crippen molar-refractivity contribution in [3.8, 4) is 0 Å². The second kappa shape index (κ2) is 5.33. The number of hydrogen-bond acceptors (Lipinski definition) is 2. The lowest BCUT2D eigenvalue weighted by atomic mass is 9.88. The molecule has 0 aliphatic rings. The van der Waals surface area contributed by atoms with E-state index in [4.69, 9.17) is 0 Å². The molecule has 1 heterocycles. The Labute approximate surface area is 99.5 Å². The molecule has 0 bridgehead atoms. The van der Waals surface area contributed by atoms with Crippen molar-refractivity contribution < 1.29 is 0 Å². The van der Waals surface area contributed by atoms with Crippen LogP contribution < -0.4 is 5.32 Å². The van der Waals surface area contributed by atoms with Gasteiger partial charge < -0.3 is 5.32 Å².